The molecule has 3 rings (SSSR count). The molecule has 1 atom stereocenters. The highest BCUT2D eigenvalue weighted by molar-refractivity contribution is 9.09. The zero-order chi connectivity index (χ0) is 15.0. The minimum absolute atomic E-state index is 0.139. The summed E-state index contributed by atoms with van der Waals surface area (Å²) in [6.45, 7) is 4.22. The third-order valence-electron chi connectivity index (χ3n) is 3.81. The van der Waals surface area contributed by atoms with Crippen LogP contribution in [-0.2, 0) is 0 Å². The van der Waals surface area contributed by atoms with Crippen molar-refractivity contribution in [2.75, 3.05) is 0 Å². The highest BCUT2D eigenvalue weighted by Gasteiger charge is 2.15. The number of fused-ring (bicyclic) bond motifs is 1. The molecule has 3 aromatic carbocycles. The molecule has 0 radical (unpaired) electrons. The van der Waals surface area contributed by atoms with Crippen molar-refractivity contribution in [1.29, 1.82) is 0 Å². The number of hydrogen-bond donors (Lipinski definition) is 0. The van der Waals surface area contributed by atoms with Crippen LogP contribution in [0.5, 0.6) is 0 Å². The zero-order valence-corrected chi connectivity index (χ0v) is 14.4. The fraction of sp³-hybridized carbons (Fsp3) is 0.158. The van der Waals surface area contributed by atoms with E-state index in [9.17, 15) is 0 Å². The maximum atomic E-state index is 6.20. The number of alkyl halides is 1. The van der Waals surface area contributed by atoms with E-state index in [0.29, 0.717) is 0 Å². The number of hydrogen-bond acceptors (Lipinski definition) is 0. The molecule has 0 bridgehead atoms. The third-order valence-corrected chi connectivity index (χ3v) is 5.05. The van der Waals surface area contributed by atoms with Gasteiger partial charge in [0.2, 0.25) is 0 Å². The van der Waals surface area contributed by atoms with E-state index in [1.165, 1.54) is 33.0 Å². The van der Waals surface area contributed by atoms with Crippen molar-refractivity contribution in [3.8, 4) is 0 Å². The predicted octanol–water partition coefficient (Wildman–Crippen LogP) is 6.59. The van der Waals surface area contributed by atoms with Crippen LogP contribution in [0.3, 0.4) is 0 Å². The van der Waals surface area contributed by atoms with Crippen molar-refractivity contribution in [2.24, 2.45) is 0 Å². The fourth-order valence-corrected chi connectivity index (χ4v) is 3.75. The highest BCUT2D eigenvalue weighted by atomic mass is 79.9. The maximum absolute atomic E-state index is 6.20. The van der Waals surface area contributed by atoms with Gasteiger partial charge in [-0.05, 0) is 59.0 Å². The van der Waals surface area contributed by atoms with E-state index in [1.54, 1.807) is 0 Å². The second-order valence-corrected chi connectivity index (χ2v) is 6.79. The van der Waals surface area contributed by atoms with E-state index in [4.69, 9.17) is 11.6 Å². The Bertz CT molecular complexity index is 788. The molecule has 21 heavy (non-hydrogen) atoms. The number of halogens is 2. The van der Waals surface area contributed by atoms with Crippen LogP contribution in [0.4, 0.5) is 0 Å². The Labute approximate surface area is 138 Å². The van der Waals surface area contributed by atoms with Crippen molar-refractivity contribution in [3.63, 3.8) is 0 Å². The molecule has 0 saturated heterocycles. The van der Waals surface area contributed by atoms with Gasteiger partial charge in [-0.2, -0.15) is 0 Å². The van der Waals surface area contributed by atoms with E-state index in [1.807, 2.05) is 12.1 Å². The third kappa shape index (κ3) is 2.86. The summed E-state index contributed by atoms with van der Waals surface area (Å²) in [5.41, 5.74) is 4.95. The lowest BCUT2D eigenvalue weighted by Crippen LogP contribution is -1.96. The van der Waals surface area contributed by atoms with Crippen LogP contribution >= 0.6 is 27.5 Å². The first-order valence-corrected chi connectivity index (χ1v) is 8.25. The SMILES string of the molecule is Cc1cc(Cl)cc(C(Br)c2ccc(C)c3ccccc23)c1. The molecule has 0 spiro atoms. The first-order valence-electron chi connectivity index (χ1n) is 6.95. The molecule has 0 N–H and O–H groups in total. The summed E-state index contributed by atoms with van der Waals surface area (Å²) in [5.74, 6) is 0. The summed E-state index contributed by atoms with van der Waals surface area (Å²) in [4.78, 5) is 0.139. The second-order valence-electron chi connectivity index (χ2n) is 5.44. The molecule has 0 aliphatic carbocycles. The summed E-state index contributed by atoms with van der Waals surface area (Å²) in [7, 11) is 0. The maximum Gasteiger partial charge on any atom is 0.0651 e. The normalized spacial score (nSPS) is 12.6. The van der Waals surface area contributed by atoms with Gasteiger partial charge in [-0.25, -0.2) is 0 Å². The molecule has 0 nitrogen and oxygen atoms in total. The lowest BCUT2D eigenvalue weighted by Gasteiger charge is -2.16. The van der Waals surface area contributed by atoms with Crippen molar-refractivity contribution >= 4 is 38.3 Å². The van der Waals surface area contributed by atoms with Crippen LogP contribution in [0.15, 0.2) is 54.6 Å². The molecular weight excluding hydrogens is 344 g/mol. The number of aryl methyl sites for hydroxylation is 2. The summed E-state index contributed by atoms with van der Waals surface area (Å²) in [5, 5.41) is 3.38. The molecule has 0 amide bonds. The molecule has 106 valence electrons. The molecule has 0 aliphatic rings. The largest absolute Gasteiger partial charge is 0.0843 e. The average Bonchev–Trinajstić information content (AvgIpc) is 2.46. The number of benzene rings is 3. The fourth-order valence-electron chi connectivity index (χ4n) is 2.78. The summed E-state index contributed by atoms with van der Waals surface area (Å²) < 4.78 is 0. The van der Waals surface area contributed by atoms with E-state index in [0.717, 1.165) is 5.02 Å². The van der Waals surface area contributed by atoms with Gasteiger partial charge in [0.05, 0.1) is 4.83 Å². The molecule has 0 aromatic heterocycles. The zero-order valence-electron chi connectivity index (χ0n) is 12.0. The minimum Gasteiger partial charge on any atom is -0.0843 e. The van der Waals surface area contributed by atoms with Crippen molar-refractivity contribution in [1.82, 2.24) is 0 Å². The molecule has 1 unspecified atom stereocenters. The van der Waals surface area contributed by atoms with Gasteiger partial charge < -0.3 is 0 Å². The molecule has 0 fully saturated rings. The van der Waals surface area contributed by atoms with E-state index in [2.05, 4.69) is 72.2 Å². The van der Waals surface area contributed by atoms with Crippen LogP contribution in [0.25, 0.3) is 10.8 Å². The van der Waals surface area contributed by atoms with Crippen LogP contribution < -0.4 is 0 Å². The van der Waals surface area contributed by atoms with Crippen LogP contribution in [-0.4, -0.2) is 0 Å². The quantitative estimate of drug-likeness (QED) is 0.452. The summed E-state index contributed by atoms with van der Waals surface area (Å²) in [6.07, 6.45) is 0. The van der Waals surface area contributed by atoms with Gasteiger partial charge in [-0.1, -0.05) is 70.0 Å². The highest BCUT2D eigenvalue weighted by Crippen LogP contribution is 2.37. The monoisotopic (exact) mass is 358 g/mol. The van der Waals surface area contributed by atoms with E-state index in [-0.39, 0.29) is 4.83 Å². The van der Waals surface area contributed by atoms with Gasteiger partial charge in [-0.15, -0.1) is 0 Å². The Morgan fingerprint density at radius 1 is 0.905 bits per heavy atom. The van der Waals surface area contributed by atoms with Crippen LogP contribution in [0.1, 0.15) is 27.1 Å². The Kier molecular flexibility index (Phi) is 4.05. The van der Waals surface area contributed by atoms with Crippen LogP contribution in [0.2, 0.25) is 5.02 Å². The summed E-state index contributed by atoms with van der Waals surface area (Å²) in [6, 6.07) is 19.1. The van der Waals surface area contributed by atoms with Gasteiger partial charge in [0.1, 0.15) is 0 Å². The van der Waals surface area contributed by atoms with Crippen molar-refractivity contribution in [3.05, 3.63) is 81.9 Å². The van der Waals surface area contributed by atoms with Gasteiger partial charge in [0.15, 0.2) is 0 Å². The molecule has 2 heteroatoms. The first kappa shape index (κ1) is 14.6. The Morgan fingerprint density at radius 2 is 1.62 bits per heavy atom. The van der Waals surface area contributed by atoms with E-state index < -0.39 is 0 Å². The topological polar surface area (TPSA) is 0 Å². The van der Waals surface area contributed by atoms with Gasteiger partial charge in [0.25, 0.3) is 0 Å². The standard InChI is InChI=1S/C19H16BrCl/c1-12-9-14(11-15(21)10-12)19(20)18-8-7-13(2)16-5-3-4-6-17(16)18/h3-11,19H,1-2H3. The predicted molar refractivity (Wildman–Crippen MR) is 95.6 cm³/mol. The smallest absolute Gasteiger partial charge is 0.0651 e. The van der Waals surface area contributed by atoms with Crippen molar-refractivity contribution in [2.45, 2.75) is 18.7 Å². The lowest BCUT2D eigenvalue weighted by atomic mass is 9.95. The van der Waals surface area contributed by atoms with Gasteiger partial charge in [-0.3, -0.25) is 0 Å². The molecule has 0 saturated carbocycles. The van der Waals surface area contributed by atoms with Crippen molar-refractivity contribution < 1.29 is 0 Å². The Hall–Kier alpha value is -1.31. The second kappa shape index (κ2) is 5.82. The van der Waals surface area contributed by atoms with Crippen LogP contribution in [0, 0.1) is 13.8 Å². The molecular formula is C19H16BrCl. The number of rotatable bonds is 2. The Morgan fingerprint density at radius 3 is 2.33 bits per heavy atom. The van der Waals surface area contributed by atoms with Gasteiger partial charge >= 0.3 is 0 Å². The van der Waals surface area contributed by atoms with Gasteiger partial charge in [0, 0.05) is 5.02 Å². The first-order chi connectivity index (χ1) is 10.1. The lowest BCUT2D eigenvalue weighted by molar-refractivity contribution is 1.18. The minimum atomic E-state index is 0.139. The van der Waals surface area contributed by atoms with E-state index >= 15 is 0 Å². The molecule has 3 aromatic rings. The molecule has 0 heterocycles. The summed E-state index contributed by atoms with van der Waals surface area (Å²) >= 11 is 10.1. The molecule has 0 aliphatic heterocycles. The Balaban J connectivity index is 2.18. The average molecular weight is 360 g/mol.